The molecule has 1 fully saturated rings. The predicted octanol–water partition coefficient (Wildman–Crippen LogP) is 3.84. The number of hydrogen-bond acceptors (Lipinski definition) is 2. The van der Waals surface area contributed by atoms with Gasteiger partial charge in [-0.25, -0.2) is 0 Å². The number of amides is 1. The van der Waals surface area contributed by atoms with Gasteiger partial charge in [-0.3, -0.25) is 4.79 Å². The van der Waals surface area contributed by atoms with Crippen molar-refractivity contribution in [2.45, 2.75) is 31.8 Å². The minimum absolute atomic E-state index is 0.00933. The van der Waals surface area contributed by atoms with Crippen molar-refractivity contribution in [2.24, 2.45) is 0 Å². The Morgan fingerprint density at radius 2 is 1.96 bits per heavy atom. The van der Waals surface area contributed by atoms with Crippen LogP contribution in [0.15, 0.2) is 54.7 Å². The molecule has 124 valence electrons. The van der Waals surface area contributed by atoms with Crippen molar-refractivity contribution in [3.63, 3.8) is 0 Å². The lowest BCUT2D eigenvalue weighted by Crippen LogP contribution is -2.39. The van der Waals surface area contributed by atoms with Crippen LogP contribution in [0, 0.1) is 11.3 Å². The minimum Gasteiger partial charge on any atom is -0.349 e. The Balaban J connectivity index is 1.66. The number of carbonyl (C=O) groups is 1. The highest BCUT2D eigenvalue weighted by molar-refractivity contribution is 6.06. The van der Waals surface area contributed by atoms with E-state index in [4.69, 9.17) is 5.26 Å². The number of nitriles is 1. The highest BCUT2D eigenvalue weighted by Gasteiger charge is 2.21. The summed E-state index contributed by atoms with van der Waals surface area (Å²) in [5.74, 6) is 0.00933. The lowest BCUT2D eigenvalue weighted by atomic mass is 9.93. The fourth-order valence-electron chi connectivity index (χ4n) is 3.27. The molecule has 0 radical (unpaired) electrons. The van der Waals surface area contributed by atoms with Crippen molar-refractivity contribution < 1.29 is 4.79 Å². The molecule has 1 aromatic heterocycles. The Bertz CT molecular complexity index is 959. The molecule has 1 N–H and O–H groups in total. The predicted molar refractivity (Wildman–Crippen MR) is 97.3 cm³/mol. The number of para-hydroxylation sites is 1. The van der Waals surface area contributed by atoms with Gasteiger partial charge in [0.2, 0.25) is 0 Å². The van der Waals surface area contributed by atoms with Crippen molar-refractivity contribution in [2.75, 3.05) is 0 Å². The molecule has 3 aromatic rings. The molecule has 1 heterocycles. The maximum atomic E-state index is 12.7. The summed E-state index contributed by atoms with van der Waals surface area (Å²) in [4.78, 5) is 12.7. The van der Waals surface area contributed by atoms with Crippen molar-refractivity contribution in [3.8, 4) is 6.07 Å². The fourth-order valence-corrected chi connectivity index (χ4v) is 3.27. The number of carbonyl (C=O) groups excluding carboxylic acids is 1. The van der Waals surface area contributed by atoms with Crippen molar-refractivity contribution in [3.05, 3.63) is 71.4 Å². The van der Waals surface area contributed by atoms with Gasteiger partial charge >= 0.3 is 0 Å². The molecule has 0 bridgehead atoms. The van der Waals surface area contributed by atoms with E-state index in [-0.39, 0.29) is 5.91 Å². The Kier molecular flexibility index (Phi) is 3.99. The standard InChI is InChI=1S/C21H19N3O/c22-13-15-7-9-16(10-8-15)14-24-12-11-17-3-1-6-19(20(17)24)21(25)23-18-4-2-5-18/h1,3,6-12,18H,2,4-5,14H2,(H,23,25). The van der Waals surface area contributed by atoms with E-state index in [0.717, 1.165) is 34.9 Å². The van der Waals surface area contributed by atoms with E-state index in [1.54, 1.807) is 0 Å². The van der Waals surface area contributed by atoms with Crippen LogP contribution in [0.25, 0.3) is 10.9 Å². The molecule has 0 aliphatic heterocycles. The second-order valence-electron chi connectivity index (χ2n) is 6.60. The molecule has 1 aliphatic rings. The second-order valence-corrected chi connectivity index (χ2v) is 6.60. The summed E-state index contributed by atoms with van der Waals surface area (Å²) in [5.41, 5.74) is 3.44. The van der Waals surface area contributed by atoms with Gasteiger partial charge in [0.25, 0.3) is 5.91 Å². The van der Waals surface area contributed by atoms with Gasteiger partial charge in [0.15, 0.2) is 0 Å². The summed E-state index contributed by atoms with van der Waals surface area (Å²) in [6.45, 7) is 0.670. The number of rotatable bonds is 4. The largest absolute Gasteiger partial charge is 0.349 e. The van der Waals surface area contributed by atoms with Crippen LogP contribution >= 0.6 is 0 Å². The lowest BCUT2D eigenvalue weighted by molar-refractivity contribution is 0.0918. The topological polar surface area (TPSA) is 57.8 Å². The maximum absolute atomic E-state index is 12.7. The third-order valence-corrected chi connectivity index (χ3v) is 4.91. The number of aromatic nitrogens is 1. The van der Waals surface area contributed by atoms with Gasteiger partial charge < -0.3 is 9.88 Å². The van der Waals surface area contributed by atoms with E-state index in [9.17, 15) is 4.79 Å². The Morgan fingerprint density at radius 3 is 2.64 bits per heavy atom. The molecule has 0 atom stereocenters. The molecule has 0 spiro atoms. The highest BCUT2D eigenvalue weighted by atomic mass is 16.1. The van der Waals surface area contributed by atoms with Crippen molar-refractivity contribution in [1.82, 2.24) is 9.88 Å². The SMILES string of the molecule is N#Cc1ccc(Cn2ccc3cccc(C(=O)NC4CCC4)c32)cc1. The van der Waals surface area contributed by atoms with Crippen LogP contribution in [-0.4, -0.2) is 16.5 Å². The molecular weight excluding hydrogens is 310 g/mol. The van der Waals surface area contributed by atoms with Crippen molar-refractivity contribution in [1.29, 1.82) is 5.26 Å². The Labute approximate surface area is 146 Å². The van der Waals surface area contributed by atoms with Crippen LogP contribution in [0.5, 0.6) is 0 Å². The summed E-state index contributed by atoms with van der Waals surface area (Å²) in [5, 5.41) is 13.1. The zero-order valence-corrected chi connectivity index (χ0v) is 13.9. The molecule has 4 heteroatoms. The van der Waals surface area contributed by atoms with E-state index in [1.165, 1.54) is 6.42 Å². The van der Waals surface area contributed by atoms with Gasteiger partial charge in [-0.2, -0.15) is 5.26 Å². The third kappa shape index (κ3) is 3.01. The number of nitrogens with one attached hydrogen (secondary N) is 1. The van der Waals surface area contributed by atoms with E-state index >= 15 is 0 Å². The number of fused-ring (bicyclic) bond motifs is 1. The zero-order chi connectivity index (χ0) is 17.2. The minimum atomic E-state index is 0.00933. The van der Waals surface area contributed by atoms with Crippen LogP contribution in [0.2, 0.25) is 0 Å². The van der Waals surface area contributed by atoms with Crippen molar-refractivity contribution >= 4 is 16.8 Å². The quantitative estimate of drug-likeness (QED) is 0.790. The second kappa shape index (κ2) is 6.45. The normalized spacial score (nSPS) is 14.0. The smallest absolute Gasteiger partial charge is 0.253 e. The molecular formula is C21H19N3O. The summed E-state index contributed by atoms with van der Waals surface area (Å²) in [6.07, 6.45) is 5.37. The van der Waals surface area contributed by atoms with E-state index < -0.39 is 0 Å². The first-order valence-electron chi connectivity index (χ1n) is 8.62. The number of nitrogens with zero attached hydrogens (tertiary/aromatic N) is 2. The molecule has 0 saturated heterocycles. The number of hydrogen-bond donors (Lipinski definition) is 1. The molecule has 1 aliphatic carbocycles. The van der Waals surface area contributed by atoms with Gasteiger partial charge in [0.1, 0.15) is 0 Å². The first-order chi connectivity index (χ1) is 12.2. The van der Waals surface area contributed by atoms with E-state index in [1.807, 2.05) is 54.7 Å². The highest BCUT2D eigenvalue weighted by Crippen LogP contribution is 2.24. The molecule has 4 rings (SSSR count). The molecule has 2 aromatic carbocycles. The van der Waals surface area contributed by atoms with E-state index in [0.29, 0.717) is 18.2 Å². The average molecular weight is 329 g/mol. The number of benzene rings is 2. The van der Waals surface area contributed by atoms with Gasteiger partial charge in [0, 0.05) is 24.2 Å². The Morgan fingerprint density at radius 1 is 1.16 bits per heavy atom. The van der Waals surface area contributed by atoms with Crippen LogP contribution < -0.4 is 5.32 Å². The fraction of sp³-hybridized carbons (Fsp3) is 0.238. The van der Waals surface area contributed by atoms with Gasteiger partial charge in [0.05, 0.1) is 22.7 Å². The Hall–Kier alpha value is -3.06. The monoisotopic (exact) mass is 329 g/mol. The zero-order valence-electron chi connectivity index (χ0n) is 13.9. The maximum Gasteiger partial charge on any atom is 0.253 e. The van der Waals surface area contributed by atoms with Gasteiger partial charge in [-0.05, 0) is 49.1 Å². The van der Waals surface area contributed by atoms with Gasteiger partial charge in [-0.15, -0.1) is 0 Å². The molecule has 1 amide bonds. The molecule has 4 nitrogen and oxygen atoms in total. The summed E-state index contributed by atoms with van der Waals surface area (Å²) >= 11 is 0. The first kappa shape index (κ1) is 15.5. The third-order valence-electron chi connectivity index (χ3n) is 4.91. The van der Waals surface area contributed by atoms with Crippen LogP contribution in [0.1, 0.15) is 40.7 Å². The summed E-state index contributed by atoms with van der Waals surface area (Å²) in [6, 6.07) is 17.9. The lowest BCUT2D eigenvalue weighted by Gasteiger charge is -2.26. The summed E-state index contributed by atoms with van der Waals surface area (Å²) in [7, 11) is 0. The van der Waals surface area contributed by atoms with Gasteiger partial charge in [-0.1, -0.05) is 24.3 Å². The first-order valence-corrected chi connectivity index (χ1v) is 8.62. The van der Waals surface area contributed by atoms with E-state index in [2.05, 4.69) is 16.0 Å². The molecule has 0 unspecified atom stereocenters. The molecule has 1 saturated carbocycles. The van der Waals surface area contributed by atoms with Crippen LogP contribution in [0.3, 0.4) is 0 Å². The average Bonchev–Trinajstić information content (AvgIpc) is 3.02. The van der Waals surface area contributed by atoms with Crippen LogP contribution in [-0.2, 0) is 6.54 Å². The molecule has 25 heavy (non-hydrogen) atoms. The summed E-state index contributed by atoms with van der Waals surface area (Å²) < 4.78 is 2.10. The van der Waals surface area contributed by atoms with Crippen LogP contribution in [0.4, 0.5) is 0 Å².